The van der Waals surface area contributed by atoms with E-state index in [1.807, 2.05) is 12.1 Å². The Bertz CT molecular complexity index is 1170. The van der Waals surface area contributed by atoms with Crippen LogP contribution in [0.5, 0.6) is 0 Å². The Labute approximate surface area is 166 Å². The number of hydrogen-bond donors (Lipinski definition) is 1. The molecule has 3 aromatic rings. The Morgan fingerprint density at radius 3 is 2.26 bits per heavy atom. The molecule has 1 N–H and O–H groups in total. The number of carbonyl (C=O) groups excluding carboxylic acids is 1. The number of anilines is 2. The summed E-state index contributed by atoms with van der Waals surface area (Å²) in [6.45, 7) is 1.53. The number of nitrogens with one attached hydrogen (secondary N) is 1. The molecular formula is C19H14Cl2N2O3S. The summed E-state index contributed by atoms with van der Waals surface area (Å²) in [6, 6.07) is 14.2. The molecule has 1 amide bonds. The lowest BCUT2D eigenvalue weighted by Crippen LogP contribution is -2.44. The largest absolute Gasteiger partial charge is 0.322 e. The van der Waals surface area contributed by atoms with Crippen molar-refractivity contribution in [2.24, 2.45) is 0 Å². The van der Waals surface area contributed by atoms with Crippen molar-refractivity contribution in [3.05, 3.63) is 64.6 Å². The first kappa shape index (κ1) is 18.1. The van der Waals surface area contributed by atoms with Gasteiger partial charge in [-0.2, -0.15) is 0 Å². The Kier molecular flexibility index (Phi) is 4.29. The van der Waals surface area contributed by atoms with Crippen molar-refractivity contribution in [3.8, 4) is 0 Å². The number of para-hydroxylation sites is 1. The first-order valence-electron chi connectivity index (χ1n) is 8.13. The van der Waals surface area contributed by atoms with E-state index in [9.17, 15) is 13.2 Å². The van der Waals surface area contributed by atoms with Crippen LogP contribution in [-0.2, 0) is 14.8 Å². The number of benzene rings is 3. The Morgan fingerprint density at radius 1 is 1.00 bits per heavy atom. The van der Waals surface area contributed by atoms with E-state index in [4.69, 9.17) is 23.2 Å². The van der Waals surface area contributed by atoms with Crippen LogP contribution < -0.4 is 9.62 Å². The van der Waals surface area contributed by atoms with Gasteiger partial charge in [-0.25, -0.2) is 8.42 Å². The smallest absolute Gasteiger partial charge is 0.265 e. The van der Waals surface area contributed by atoms with Gasteiger partial charge in [-0.1, -0.05) is 53.5 Å². The summed E-state index contributed by atoms with van der Waals surface area (Å²) in [6.07, 6.45) is 0. The van der Waals surface area contributed by atoms with Crippen molar-refractivity contribution >= 4 is 61.3 Å². The average Bonchev–Trinajstić information content (AvgIpc) is 2.87. The fraction of sp³-hybridized carbons (Fsp3) is 0.105. The number of carbonyl (C=O) groups is 1. The SMILES string of the molecule is C[C@H](C(=O)Nc1c(Cl)cccc1Cl)N1c2cccc3cccc(c23)S1(=O)=O. The number of amides is 1. The molecule has 8 heteroatoms. The Hall–Kier alpha value is -2.28. The molecule has 0 radical (unpaired) electrons. The maximum Gasteiger partial charge on any atom is 0.265 e. The number of hydrogen-bond acceptors (Lipinski definition) is 3. The zero-order valence-electron chi connectivity index (χ0n) is 14.1. The highest BCUT2D eigenvalue weighted by Crippen LogP contribution is 2.43. The van der Waals surface area contributed by atoms with Crippen LogP contribution >= 0.6 is 23.2 Å². The molecule has 0 fully saturated rings. The molecule has 0 saturated heterocycles. The van der Waals surface area contributed by atoms with E-state index in [-0.39, 0.29) is 20.6 Å². The number of nitrogens with zero attached hydrogens (tertiary/aromatic N) is 1. The summed E-state index contributed by atoms with van der Waals surface area (Å²) in [4.78, 5) is 13.0. The minimum atomic E-state index is -3.85. The summed E-state index contributed by atoms with van der Waals surface area (Å²) >= 11 is 12.2. The van der Waals surface area contributed by atoms with Gasteiger partial charge in [0.15, 0.2) is 0 Å². The highest BCUT2D eigenvalue weighted by atomic mass is 35.5. The van der Waals surface area contributed by atoms with Crippen LogP contribution in [0.25, 0.3) is 10.8 Å². The Morgan fingerprint density at radius 2 is 1.59 bits per heavy atom. The minimum Gasteiger partial charge on any atom is -0.322 e. The first-order chi connectivity index (χ1) is 12.8. The molecule has 4 rings (SSSR count). The molecule has 0 bridgehead atoms. The van der Waals surface area contributed by atoms with Crippen molar-refractivity contribution < 1.29 is 13.2 Å². The van der Waals surface area contributed by atoms with Crippen molar-refractivity contribution in [2.75, 3.05) is 9.62 Å². The van der Waals surface area contributed by atoms with Crippen LogP contribution in [0.1, 0.15) is 6.92 Å². The van der Waals surface area contributed by atoms with Gasteiger partial charge in [-0.05, 0) is 36.6 Å². The van der Waals surface area contributed by atoms with E-state index in [1.165, 1.54) is 6.92 Å². The molecule has 0 spiro atoms. The van der Waals surface area contributed by atoms with Gasteiger partial charge in [0.2, 0.25) is 5.91 Å². The molecule has 1 atom stereocenters. The van der Waals surface area contributed by atoms with Crippen LogP contribution in [0.3, 0.4) is 0 Å². The van der Waals surface area contributed by atoms with Crippen LogP contribution in [0.2, 0.25) is 10.0 Å². The fourth-order valence-electron chi connectivity index (χ4n) is 3.29. The van der Waals surface area contributed by atoms with Gasteiger partial charge in [0.25, 0.3) is 10.0 Å². The third kappa shape index (κ3) is 2.76. The van der Waals surface area contributed by atoms with Gasteiger partial charge in [0, 0.05) is 5.39 Å². The van der Waals surface area contributed by atoms with E-state index in [0.717, 1.165) is 9.69 Å². The standard InChI is InChI=1S/C19H14Cl2N2O3S/c1-11(19(24)22-18-13(20)7-4-8-14(18)21)23-15-9-2-5-12-6-3-10-16(17(12)15)27(23,25)26/h2-11H,1H3,(H,22,24)/t11-/m1/s1. The van der Waals surface area contributed by atoms with E-state index in [0.29, 0.717) is 11.1 Å². The molecule has 1 heterocycles. The lowest BCUT2D eigenvalue weighted by atomic mass is 10.1. The minimum absolute atomic E-state index is 0.200. The van der Waals surface area contributed by atoms with Crippen molar-refractivity contribution in [1.29, 1.82) is 0 Å². The molecule has 1 aliphatic heterocycles. The van der Waals surface area contributed by atoms with Crippen molar-refractivity contribution in [2.45, 2.75) is 17.9 Å². The highest BCUT2D eigenvalue weighted by Gasteiger charge is 2.41. The molecule has 0 unspecified atom stereocenters. The lowest BCUT2D eigenvalue weighted by Gasteiger charge is -2.25. The maximum absolute atomic E-state index is 13.1. The van der Waals surface area contributed by atoms with Gasteiger partial charge in [0.05, 0.1) is 26.3 Å². The van der Waals surface area contributed by atoms with Gasteiger partial charge >= 0.3 is 0 Å². The predicted molar refractivity (Wildman–Crippen MR) is 108 cm³/mol. The van der Waals surface area contributed by atoms with E-state index in [2.05, 4.69) is 5.32 Å². The highest BCUT2D eigenvalue weighted by molar-refractivity contribution is 7.93. The van der Waals surface area contributed by atoms with Gasteiger partial charge in [0.1, 0.15) is 6.04 Å². The monoisotopic (exact) mass is 420 g/mol. The zero-order valence-corrected chi connectivity index (χ0v) is 16.4. The normalized spacial score (nSPS) is 15.7. The summed E-state index contributed by atoms with van der Waals surface area (Å²) in [5.74, 6) is -0.529. The van der Waals surface area contributed by atoms with E-state index in [1.54, 1.807) is 42.5 Å². The van der Waals surface area contributed by atoms with Crippen molar-refractivity contribution in [1.82, 2.24) is 0 Å². The molecule has 27 heavy (non-hydrogen) atoms. The summed E-state index contributed by atoms with van der Waals surface area (Å²) in [7, 11) is -3.85. The van der Waals surface area contributed by atoms with Crippen LogP contribution in [0.15, 0.2) is 59.5 Å². The zero-order chi connectivity index (χ0) is 19.3. The lowest BCUT2D eigenvalue weighted by molar-refractivity contribution is -0.116. The van der Waals surface area contributed by atoms with Crippen LogP contribution in [0, 0.1) is 0 Å². The molecule has 1 aliphatic rings. The molecular weight excluding hydrogens is 407 g/mol. The van der Waals surface area contributed by atoms with Gasteiger partial charge in [-0.15, -0.1) is 0 Å². The number of rotatable bonds is 3. The predicted octanol–water partition coefficient (Wildman–Crippen LogP) is 4.68. The van der Waals surface area contributed by atoms with Crippen LogP contribution in [0.4, 0.5) is 11.4 Å². The fourth-order valence-corrected chi connectivity index (χ4v) is 5.65. The molecule has 3 aromatic carbocycles. The number of halogens is 2. The molecule has 0 aromatic heterocycles. The third-order valence-electron chi connectivity index (χ3n) is 4.56. The third-order valence-corrected chi connectivity index (χ3v) is 7.12. The van der Waals surface area contributed by atoms with E-state index >= 15 is 0 Å². The van der Waals surface area contributed by atoms with Crippen LogP contribution in [-0.4, -0.2) is 20.4 Å². The second-order valence-corrected chi connectivity index (χ2v) is 8.79. The second kappa shape index (κ2) is 6.41. The maximum atomic E-state index is 13.1. The van der Waals surface area contributed by atoms with E-state index < -0.39 is 22.0 Å². The summed E-state index contributed by atoms with van der Waals surface area (Å²) in [5, 5.41) is 4.62. The summed E-state index contributed by atoms with van der Waals surface area (Å²) < 4.78 is 27.3. The first-order valence-corrected chi connectivity index (χ1v) is 10.3. The molecule has 0 saturated carbocycles. The molecule has 138 valence electrons. The second-order valence-electron chi connectivity index (χ2n) is 6.19. The Balaban J connectivity index is 1.76. The summed E-state index contributed by atoms with van der Waals surface area (Å²) in [5.41, 5.74) is 0.737. The number of sulfonamides is 1. The molecule has 0 aliphatic carbocycles. The topological polar surface area (TPSA) is 66.5 Å². The van der Waals surface area contributed by atoms with Crippen molar-refractivity contribution in [3.63, 3.8) is 0 Å². The average molecular weight is 421 g/mol. The van der Waals surface area contributed by atoms with Gasteiger partial charge in [-0.3, -0.25) is 9.10 Å². The van der Waals surface area contributed by atoms with Gasteiger partial charge < -0.3 is 5.32 Å². The molecule has 5 nitrogen and oxygen atoms in total. The quantitative estimate of drug-likeness (QED) is 0.668.